The smallest absolute Gasteiger partial charge is 0.109 e. The van der Waals surface area contributed by atoms with Gasteiger partial charge in [-0.25, -0.2) is 10.4 Å². The average molecular weight is 158 g/mol. The van der Waals surface area contributed by atoms with E-state index in [2.05, 4.69) is 17.4 Å². The van der Waals surface area contributed by atoms with E-state index >= 15 is 0 Å². The Hall–Kier alpha value is -0.120. The zero-order valence-corrected chi connectivity index (χ0v) is 7.31. The highest BCUT2D eigenvalue weighted by atomic mass is 16.5. The number of rotatable bonds is 3. The van der Waals surface area contributed by atoms with E-state index in [1.54, 1.807) is 0 Å². The van der Waals surface area contributed by atoms with Crippen LogP contribution in [-0.2, 0) is 4.74 Å². The van der Waals surface area contributed by atoms with Crippen LogP contribution in [0.25, 0.3) is 0 Å². The van der Waals surface area contributed by atoms with Crippen LogP contribution in [0.15, 0.2) is 0 Å². The number of ether oxygens (including phenoxy) is 1. The molecule has 0 radical (unpaired) electrons. The van der Waals surface area contributed by atoms with Crippen LogP contribution in [0.3, 0.4) is 0 Å². The minimum atomic E-state index is 0.684. The summed E-state index contributed by atoms with van der Waals surface area (Å²) in [7, 11) is 0. The summed E-state index contributed by atoms with van der Waals surface area (Å²) < 4.78 is 5.25. The van der Waals surface area contributed by atoms with Gasteiger partial charge in [-0.15, -0.1) is 0 Å². The van der Waals surface area contributed by atoms with Crippen molar-refractivity contribution in [2.45, 2.75) is 26.2 Å². The van der Waals surface area contributed by atoms with Crippen LogP contribution >= 0.6 is 0 Å². The molecule has 1 saturated heterocycles. The minimum absolute atomic E-state index is 0.684. The van der Waals surface area contributed by atoms with Crippen LogP contribution in [0.2, 0.25) is 0 Å². The van der Waals surface area contributed by atoms with Crippen molar-refractivity contribution in [2.24, 2.45) is 0 Å². The van der Waals surface area contributed by atoms with Gasteiger partial charge < -0.3 is 4.74 Å². The summed E-state index contributed by atoms with van der Waals surface area (Å²) in [5, 5.41) is 2.26. The molecule has 0 bridgehead atoms. The molecule has 11 heavy (non-hydrogen) atoms. The van der Waals surface area contributed by atoms with E-state index in [-0.39, 0.29) is 0 Å². The van der Waals surface area contributed by atoms with Crippen molar-refractivity contribution < 1.29 is 4.74 Å². The Morgan fingerprint density at radius 3 is 3.27 bits per heavy atom. The van der Waals surface area contributed by atoms with Crippen molar-refractivity contribution in [2.75, 3.05) is 26.4 Å². The van der Waals surface area contributed by atoms with Crippen LogP contribution in [0.1, 0.15) is 26.2 Å². The van der Waals surface area contributed by atoms with Crippen molar-refractivity contribution >= 4 is 0 Å². The summed E-state index contributed by atoms with van der Waals surface area (Å²) in [5.41, 5.74) is 3.23. The Labute approximate surface area is 68.7 Å². The Morgan fingerprint density at radius 2 is 2.45 bits per heavy atom. The van der Waals surface area contributed by atoms with Gasteiger partial charge in [0.25, 0.3) is 0 Å². The molecule has 0 aromatic rings. The number of nitrogens with one attached hydrogen (secondary N) is 1. The quantitative estimate of drug-likeness (QED) is 0.662. The van der Waals surface area contributed by atoms with Crippen molar-refractivity contribution in [1.82, 2.24) is 10.4 Å². The lowest BCUT2D eigenvalue weighted by Crippen LogP contribution is -2.38. The molecule has 0 saturated carbocycles. The van der Waals surface area contributed by atoms with E-state index in [0.29, 0.717) is 6.73 Å². The molecule has 0 amide bonds. The molecule has 1 heterocycles. The summed E-state index contributed by atoms with van der Waals surface area (Å²) in [6.07, 6.45) is 3.68. The Bertz CT molecular complexity index is 90.1. The van der Waals surface area contributed by atoms with E-state index in [1.807, 2.05) is 0 Å². The Morgan fingerprint density at radius 1 is 1.55 bits per heavy atom. The molecule has 1 fully saturated rings. The minimum Gasteiger partial charge on any atom is -0.365 e. The number of hydrazine groups is 1. The maximum Gasteiger partial charge on any atom is 0.109 e. The van der Waals surface area contributed by atoms with Gasteiger partial charge in [0.05, 0.1) is 0 Å². The maximum absolute atomic E-state index is 5.25. The summed E-state index contributed by atoms with van der Waals surface area (Å²) in [6.45, 7) is 6.08. The van der Waals surface area contributed by atoms with E-state index in [4.69, 9.17) is 4.74 Å². The summed E-state index contributed by atoms with van der Waals surface area (Å²) in [4.78, 5) is 0. The highest BCUT2D eigenvalue weighted by Gasteiger charge is 2.05. The van der Waals surface area contributed by atoms with Crippen LogP contribution < -0.4 is 5.43 Å². The molecule has 1 N–H and O–H groups in total. The Balaban J connectivity index is 2.09. The third-order valence-electron chi connectivity index (χ3n) is 1.89. The van der Waals surface area contributed by atoms with Gasteiger partial charge in [0.1, 0.15) is 6.73 Å². The molecule has 1 aliphatic heterocycles. The van der Waals surface area contributed by atoms with Crippen molar-refractivity contribution in [3.63, 3.8) is 0 Å². The average Bonchev–Trinajstić information content (AvgIpc) is 2.28. The van der Waals surface area contributed by atoms with Crippen LogP contribution in [-0.4, -0.2) is 31.4 Å². The molecular weight excluding hydrogens is 140 g/mol. The first-order valence-electron chi connectivity index (χ1n) is 4.49. The molecule has 3 nitrogen and oxygen atoms in total. The fourth-order valence-corrected chi connectivity index (χ4v) is 1.19. The van der Waals surface area contributed by atoms with Crippen molar-refractivity contribution in [3.8, 4) is 0 Å². The SMILES string of the molecule is CCCCN1CCCOCN1. The zero-order chi connectivity index (χ0) is 7.94. The van der Waals surface area contributed by atoms with Gasteiger partial charge in [-0.2, -0.15) is 0 Å². The topological polar surface area (TPSA) is 24.5 Å². The highest BCUT2D eigenvalue weighted by Crippen LogP contribution is 1.96. The lowest BCUT2D eigenvalue weighted by molar-refractivity contribution is 0.0904. The first kappa shape index (κ1) is 8.97. The molecule has 1 rings (SSSR count). The van der Waals surface area contributed by atoms with E-state index in [1.165, 1.54) is 12.8 Å². The summed E-state index contributed by atoms with van der Waals surface area (Å²) in [6, 6.07) is 0. The third-order valence-corrected chi connectivity index (χ3v) is 1.89. The molecule has 66 valence electrons. The van der Waals surface area contributed by atoms with Gasteiger partial charge in [0, 0.05) is 19.7 Å². The normalized spacial score (nSPS) is 21.5. The van der Waals surface area contributed by atoms with Gasteiger partial charge in [0.2, 0.25) is 0 Å². The molecule has 0 spiro atoms. The van der Waals surface area contributed by atoms with Gasteiger partial charge in [-0.1, -0.05) is 13.3 Å². The van der Waals surface area contributed by atoms with E-state index in [9.17, 15) is 0 Å². The number of nitrogens with zero attached hydrogens (tertiary/aromatic N) is 1. The standard InChI is InChI=1S/C8H18N2O/c1-2-3-5-10-6-4-7-11-8-9-10/h9H,2-8H2,1H3. The fraction of sp³-hybridized carbons (Fsp3) is 1.00. The molecular formula is C8H18N2O. The number of unbranched alkanes of at least 4 members (excludes halogenated alkanes) is 1. The lowest BCUT2D eigenvalue weighted by Gasteiger charge is -2.18. The van der Waals surface area contributed by atoms with Crippen LogP contribution in [0.5, 0.6) is 0 Å². The second kappa shape index (κ2) is 5.52. The van der Waals surface area contributed by atoms with Gasteiger partial charge in [-0.05, 0) is 12.8 Å². The van der Waals surface area contributed by atoms with Crippen molar-refractivity contribution in [3.05, 3.63) is 0 Å². The summed E-state index contributed by atoms with van der Waals surface area (Å²) in [5.74, 6) is 0. The predicted octanol–water partition coefficient (Wildman–Crippen LogP) is 0.971. The number of hydrogen-bond acceptors (Lipinski definition) is 3. The van der Waals surface area contributed by atoms with Gasteiger partial charge >= 0.3 is 0 Å². The van der Waals surface area contributed by atoms with E-state index in [0.717, 1.165) is 26.1 Å². The molecule has 0 atom stereocenters. The summed E-state index contributed by atoms with van der Waals surface area (Å²) >= 11 is 0. The molecule has 0 aromatic carbocycles. The molecule has 0 aliphatic carbocycles. The van der Waals surface area contributed by atoms with Crippen LogP contribution in [0, 0.1) is 0 Å². The monoisotopic (exact) mass is 158 g/mol. The van der Waals surface area contributed by atoms with Crippen molar-refractivity contribution in [1.29, 1.82) is 0 Å². The molecule has 1 aliphatic rings. The molecule has 0 unspecified atom stereocenters. The van der Waals surface area contributed by atoms with Crippen LogP contribution in [0.4, 0.5) is 0 Å². The Kier molecular flexibility index (Phi) is 4.50. The fourth-order valence-electron chi connectivity index (χ4n) is 1.19. The number of hydrogen-bond donors (Lipinski definition) is 1. The van der Waals surface area contributed by atoms with E-state index < -0.39 is 0 Å². The largest absolute Gasteiger partial charge is 0.365 e. The highest BCUT2D eigenvalue weighted by molar-refractivity contribution is 4.53. The predicted molar refractivity (Wildman–Crippen MR) is 45.1 cm³/mol. The maximum atomic E-state index is 5.25. The van der Waals surface area contributed by atoms with Gasteiger partial charge in [-0.3, -0.25) is 0 Å². The second-order valence-electron chi connectivity index (χ2n) is 2.90. The molecule has 0 aromatic heterocycles. The first-order valence-corrected chi connectivity index (χ1v) is 4.49. The first-order chi connectivity index (χ1) is 5.43. The second-order valence-corrected chi connectivity index (χ2v) is 2.90. The zero-order valence-electron chi connectivity index (χ0n) is 7.31. The van der Waals surface area contributed by atoms with Gasteiger partial charge in [0.15, 0.2) is 0 Å². The lowest BCUT2D eigenvalue weighted by atomic mass is 10.3. The third kappa shape index (κ3) is 3.70. The molecule has 3 heteroatoms.